The maximum Gasteiger partial charge on any atom is 0.253 e. The van der Waals surface area contributed by atoms with E-state index in [0.717, 1.165) is 5.69 Å². The topological polar surface area (TPSA) is 63.0 Å². The van der Waals surface area contributed by atoms with Crippen molar-refractivity contribution >= 4 is 23.0 Å². The molecule has 5 nitrogen and oxygen atoms in total. The average Bonchev–Trinajstić information content (AvgIpc) is 2.97. The lowest BCUT2D eigenvalue weighted by atomic mass is 9.82. The summed E-state index contributed by atoms with van der Waals surface area (Å²) in [6.07, 6.45) is 1.98. The van der Waals surface area contributed by atoms with E-state index in [1.165, 1.54) is 0 Å². The third-order valence-corrected chi connectivity index (χ3v) is 5.28. The van der Waals surface area contributed by atoms with Crippen LogP contribution in [0, 0.1) is 0 Å². The van der Waals surface area contributed by atoms with Crippen LogP contribution in [0.25, 0.3) is 5.52 Å². The number of hydrogen-bond acceptors (Lipinski definition) is 3. The van der Waals surface area contributed by atoms with Crippen LogP contribution >= 0.6 is 11.6 Å². The van der Waals surface area contributed by atoms with E-state index in [-0.39, 0.29) is 25.8 Å². The van der Waals surface area contributed by atoms with Crippen molar-refractivity contribution < 1.29 is 23.4 Å². The molecule has 1 amide bonds. The summed E-state index contributed by atoms with van der Waals surface area (Å²) in [7, 11) is 1.59. The summed E-state index contributed by atoms with van der Waals surface area (Å²) < 4.78 is 34.2. The Hall–Kier alpha value is -1.70. The average molecular weight is 401 g/mol. The minimum absolute atomic E-state index is 0.224. The molecule has 1 unspecified atom stereocenters. The zero-order valence-corrected chi connectivity index (χ0v) is 15.9. The first-order chi connectivity index (χ1) is 12.7. The van der Waals surface area contributed by atoms with Crippen LogP contribution in [0.15, 0.2) is 24.4 Å². The lowest BCUT2D eigenvalue weighted by Crippen LogP contribution is -2.49. The number of halogens is 3. The van der Waals surface area contributed by atoms with Gasteiger partial charge in [0, 0.05) is 44.8 Å². The van der Waals surface area contributed by atoms with Crippen molar-refractivity contribution in [1.82, 2.24) is 9.72 Å². The van der Waals surface area contributed by atoms with Gasteiger partial charge in [-0.05, 0) is 31.0 Å². The number of methoxy groups -OCH3 is 1. The van der Waals surface area contributed by atoms with Crippen molar-refractivity contribution in [2.45, 2.75) is 43.6 Å². The van der Waals surface area contributed by atoms with Crippen LogP contribution in [0.5, 0.6) is 0 Å². The summed E-state index contributed by atoms with van der Waals surface area (Å²) in [5.41, 5.74) is 0.138. The summed E-state index contributed by atoms with van der Waals surface area (Å²) in [5.74, 6) is -3.36. The van der Waals surface area contributed by atoms with Crippen molar-refractivity contribution in [3.63, 3.8) is 0 Å². The second-order valence-corrected chi connectivity index (χ2v) is 7.57. The number of nitrogens with zero attached hydrogens (tertiary/aromatic N) is 1. The molecule has 1 fully saturated rings. The first-order valence-corrected chi connectivity index (χ1v) is 9.28. The van der Waals surface area contributed by atoms with Crippen molar-refractivity contribution in [1.29, 1.82) is 0 Å². The van der Waals surface area contributed by atoms with Crippen molar-refractivity contribution in [2.24, 2.45) is 0 Å². The maximum atomic E-state index is 13.6. The van der Waals surface area contributed by atoms with E-state index in [0.29, 0.717) is 29.1 Å². The van der Waals surface area contributed by atoms with Gasteiger partial charge in [-0.25, -0.2) is 8.78 Å². The minimum Gasteiger partial charge on any atom is -0.388 e. The molecule has 27 heavy (non-hydrogen) atoms. The number of amides is 1. The molecule has 2 aromatic rings. The standard InChI is InChI=1S/C19H23ClF2N2O3/c1-27-9-5-13-10-14(16-15(20)4-2-8-24(13)16)17(25)23-12-18(26)6-3-7-19(21,22)11-18/h2,4,8,10,26H,3,5-7,9,11-12H2,1H3,(H,23,25). The number of pyridine rings is 1. The molecule has 2 heterocycles. The monoisotopic (exact) mass is 400 g/mol. The lowest BCUT2D eigenvalue weighted by molar-refractivity contribution is -0.121. The summed E-state index contributed by atoms with van der Waals surface area (Å²) in [6, 6.07) is 5.18. The number of aliphatic hydroxyl groups is 1. The van der Waals surface area contributed by atoms with Crippen LogP contribution in [-0.4, -0.2) is 47.2 Å². The SMILES string of the molecule is COCCc1cc(C(=O)NCC2(O)CCCC(F)(F)C2)c2c(Cl)cccn12. The van der Waals surface area contributed by atoms with Gasteiger partial charge in [-0.3, -0.25) is 4.79 Å². The van der Waals surface area contributed by atoms with Crippen molar-refractivity contribution in [3.8, 4) is 0 Å². The molecule has 2 N–H and O–H groups in total. The van der Waals surface area contributed by atoms with Crippen LogP contribution in [0.4, 0.5) is 8.78 Å². The number of nitrogens with one attached hydrogen (secondary N) is 1. The molecule has 2 aromatic heterocycles. The highest BCUT2D eigenvalue weighted by Gasteiger charge is 2.44. The number of rotatable bonds is 6. The smallest absolute Gasteiger partial charge is 0.253 e. The van der Waals surface area contributed by atoms with Gasteiger partial charge in [0.05, 0.1) is 28.3 Å². The molecule has 0 aliphatic heterocycles. The number of carbonyl (C=O) groups is 1. The molecule has 3 rings (SSSR count). The molecule has 148 valence electrons. The van der Waals surface area contributed by atoms with Gasteiger partial charge in [0.1, 0.15) is 0 Å². The van der Waals surface area contributed by atoms with Gasteiger partial charge in [0.25, 0.3) is 11.8 Å². The molecule has 1 aliphatic rings. The van der Waals surface area contributed by atoms with E-state index in [9.17, 15) is 18.7 Å². The van der Waals surface area contributed by atoms with Crippen LogP contribution in [0.2, 0.25) is 5.02 Å². The zero-order chi connectivity index (χ0) is 19.7. The first-order valence-electron chi connectivity index (χ1n) is 8.90. The lowest BCUT2D eigenvalue weighted by Gasteiger charge is -2.36. The fraction of sp³-hybridized carbons (Fsp3) is 0.526. The van der Waals surface area contributed by atoms with E-state index < -0.39 is 23.9 Å². The Labute approximate surface area is 161 Å². The highest BCUT2D eigenvalue weighted by Crippen LogP contribution is 2.38. The quantitative estimate of drug-likeness (QED) is 0.780. The highest BCUT2D eigenvalue weighted by molar-refractivity contribution is 6.34. The molecule has 0 saturated heterocycles. The van der Waals surface area contributed by atoms with Gasteiger partial charge in [0.15, 0.2) is 0 Å². The van der Waals surface area contributed by atoms with E-state index in [1.54, 1.807) is 31.5 Å². The molecule has 0 bridgehead atoms. The van der Waals surface area contributed by atoms with Gasteiger partial charge in [-0.2, -0.15) is 0 Å². The van der Waals surface area contributed by atoms with E-state index in [4.69, 9.17) is 16.3 Å². The zero-order valence-electron chi connectivity index (χ0n) is 15.1. The number of hydrogen-bond donors (Lipinski definition) is 2. The molecule has 1 atom stereocenters. The van der Waals surface area contributed by atoms with Gasteiger partial charge in [-0.15, -0.1) is 0 Å². The van der Waals surface area contributed by atoms with Gasteiger partial charge < -0.3 is 19.6 Å². The van der Waals surface area contributed by atoms with Gasteiger partial charge in [-0.1, -0.05) is 11.6 Å². The molecule has 0 radical (unpaired) electrons. The second-order valence-electron chi connectivity index (χ2n) is 7.16. The predicted octanol–water partition coefficient (Wildman–Crippen LogP) is 3.45. The van der Waals surface area contributed by atoms with Gasteiger partial charge >= 0.3 is 0 Å². The third kappa shape index (κ3) is 4.42. The normalized spacial score (nSPS) is 22.1. The fourth-order valence-electron chi connectivity index (χ4n) is 3.68. The molecule has 0 aromatic carbocycles. The van der Waals surface area contributed by atoms with Crippen molar-refractivity contribution in [2.75, 3.05) is 20.3 Å². The van der Waals surface area contributed by atoms with Crippen LogP contribution in [-0.2, 0) is 11.2 Å². The Bertz CT molecular complexity index is 840. The summed E-state index contributed by atoms with van der Waals surface area (Å²) in [6.45, 7) is 0.255. The number of ether oxygens (including phenoxy) is 1. The number of alkyl halides is 2. The summed E-state index contributed by atoms with van der Waals surface area (Å²) in [4.78, 5) is 12.7. The molecule has 1 aliphatic carbocycles. The number of aromatic nitrogens is 1. The van der Waals surface area contributed by atoms with Gasteiger partial charge in [0.2, 0.25) is 0 Å². The molecular formula is C19H23ClF2N2O3. The number of carbonyl (C=O) groups excluding carboxylic acids is 1. The largest absolute Gasteiger partial charge is 0.388 e. The fourth-order valence-corrected chi connectivity index (χ4v) is 3.95. The number of fused-ring (bicyclic) bond motifs is 1. The van der Waals surface area contributed by atoms with Crippen LogP contribution < -0.4 is 5.32 Å². The van der Waals surface area contributed by atoms with Crippen LogP contribution in [0.1, 0.15) is 41.7 Å². The Kier molecular flexibility index (Phi) is 5.74. The van der Waals surface area contributed by atoms with E-state index in [2.05, 4.69) is 5.32 Å². The minimum atomic E-state index is -2.91. The summed E-state index contributed by atoms with van der Waals surface area (Å²) in [5, 5.41) is 13.5. The Morgan fingerprint density at radius 2 is 2.22 bits per heavy atom. The first kappa shape index (κ1) is 20.0. The van der Waals surface area contributed by atoms with E-state index >= 15 is 0 Å². The Balaban J connectivity index is 1.81. The summed E-state index contributed by atoms with van der Waals surface area (Å²) >= 11 is 6.29. The predicted molar refractivity (Wildman–Crippen MR) is 98.7 cm³/mol. The molecule has 8 heteroatoms. The molecule has 0 spiro atoms. The Morgan fingerprint density at radius 1 is 1.44 bits per heavy atom. The van der Waals surface area contributed by atoms with E-state index in [1.807, 2.05) is 4.40 Å². The molecule has 1 saturated carbocycles. The second kappa shape index (κ2) is 7.73. The highest BCUT2D eigenvalue weighted by atomic mass is 35.5. The van der Waals surface area contributed by atoms with Crippen LogP contribution in [0.3, 0.4) is 0 Å². The van der Waals surface area contributed by atoms with Crippen molar-refractivity contribution in [3.05, 3.63) is 40.7 Å². The maximum absolute atomic E-state index is 13.6. The third-order valence-electron chi connectivity index (χ3n) is 4.98. The molecular weight excluding hydrogens is 378 g/mol. The Morgan fingerprint density at radius 3 is 2.93 bits per heavy atom.